The summed E-state index contributed by atoms with van der Waals surface area (Å²) < 4.78 is 38.2. The van der Waals surface area contributed by atoms with Gasteiger partial charge in [-0.05, 0) is 23.6 Å². The van der Waals surface area contributed by atoms with Crippen LogP contribution >= 0.6 is 23.1 Å². The molecule has 1 aromatic rings. The SMILES string of the molecule is O=C(NCC1(N2CCOCC2)CCSC1)c1sccc1S(=O)(=O)N1CCOCC1. The van der Waals surface area contributed by atoms with Gasteiger partial charge in [-0.25, -0.2) is 8.42 Å². The highest BCUT2D eigenvalue weighted by molar-refractivity contribution is 7.99. The van der Waals surface area contributed by atoms with Crippen molar-refractivity contribution in [3.63, 3.8) is 0 Å². The second kappa shape index (κ2) is 9.21. The quantitative estimate of drug-likeness (QED) is 0.667. The van der Waals surface area contributed by atoms with Gasteiger partial charge in [0.15, 0.2) is 0 Å². The Morgan fingerprint density at radius 2 is 1.83 bits per heavy atom. The lowest BCUT2D eigenvalue weighted by Crippen LogP contribution is -2.59. The fourth-order valence-corrected chi connectivity index (χ4v) is 8.25. The molecule has 8 nitrogen and oxygen atoms in total. The van der Waals surface area contributed by atoms with Crippen molar-refractivity contribution in [3.8, 4) is 0 Å². The lowest BCUT2D eigenvalue weighted by atomic mass is 9.95. The lowest BCUT2D eigenvalue weighted by Gasteiger charge is -2.43. The molecule has 4 heterocycles. The highest BCUT2D eigenvalue weighted by Gasteiger charge is 2.41. The summed E-state index contributed by atoms with van der Waals surface area (Å²) in [5.74, 6) is 1.73. The third-order valence-electron chi connectivity index (χ3n) is 5.77. The highest BCUT2D eigenvalue weighted by atomic mass is 32.2. The van der Waals surface area contributed by atoms with E-state index in [0.29, 0.717) is 46.1 Å². The maximum Gasteiger partial charge on any atom is 0.262 e. The van der Waals surface area contributed by atoms with E-state index < -0.39 is 10.0 Å². The van der Waals surface area contributed by atoms with Crippen LogP contribution in [0.1, 0.15) is 16.1 Å². The van der Waals surface area contributed by atoms with Crippen LogP contribution in [0, 0.1) is 0 Å². The van der Waals surface area contributed by atoms with Gasteiger partial charge < -0.3 is 14.8 Å². The van der Waals surface area contributed by atoms with Crippen LogP contribution in [0.5, 0.6) is 0 Å². The average molecular weight is 462 g/mol. The summed E-state index contributed by atoms with van der Waals surface area (Å²) in [5.41, 5.74) is -0.0788. The summed E-state index contributed by atoms with van der Waals surface area (Å²) in [6, 6.07) is 1.54. The van der Waals surface area contributed by atoms with Crippen molar-refractivity contribution in [2.24, 2.45) is 0 Å². The van der Waals surface area contributed by atoms with E-state index in [9.17, 15) is 13.2 Å². The van der Waals surface area contributed by atoms with Gasteiger partial charge in [-0.15, -0.1) is 11.3 Å². The van der Waals surface area contributed by atoms with E-state index in [1.54, 1.807) is 5.38 Å². The van der Waals surface area contributed by atoms with E-state index in [1.807, 2.05) is 11.8 Å². The number of amides is 1. The number of carbonyl (C=O) groups is 1. The summed E-state index contributed by atoms with van der Waals surface area (Å²) >= 11 is 3.08. The second-order valence-electron chi connectivity index (χ2n) is 7.44. The number of nitrogens with zero attached hydrogens (tertiary/aromatic N) is 2. The van der Waals surface area contributed by atoms with Gasteiger partial charge in [-0.2, -0.15) is 16.1 Å². The number of rotatable bonds is 6. The molecule has 0 spiro atoms. The molecule has 1 amide bonds. The van der Waals surface area contributed by atoms with E-state index in [1.165, 1.54) is 21.7 Å². The summed E-state index contributed by atoms with van der Waals surface area (Å²) in [4.78, 5) is 15.8. The van der Waals surface area contributed by atoms with Crippen LogP contribution in [0.3, 0.4) is 0 Å². The van der Waals surface area contributed by atoms with Gasteiger partial charge in [0.1, 0.15) is 9.77 Å². The molecule has 0 saturated carbocycles. The van der Waals surface area contributed by atoms with Crippen LogP contribution < -0.4 is 5.32 Å². The number of carbonyl (C=O) groups excluding carboxylic acids is 1. The standard InChI is InChI=1S/C18H27N3O5S3/c22-17(19-13-18(2-12-27-14-18)20-3-7-25-8-4-20)16-15(1-11-28-16)29(23,24)21-5-9-26-10-6-21/h1,11H,2-10,12-14H2,(H,19,22). The van der Waals surface area contributed by atoms with Crippen molar-refractivity contribution in [1.82, 2.24) is 14.5 Å². The zero-order chi connectivity index (χ0) is 20.3. The Bertz CT molecular complexity index is 810. The Labute approximate surface area is 180 Å². The normalized spacial score (nSPS) is 27.2. The van der Waals surface area contributed by atoms with Gasteiger partial charge in [-0.3, -0.25) is 9.69 Å². The Morgan fingerprint density at radius 3 is 2.48 bits per heavy atom. The smallest absolute Gasteiger partial charge is 0.262 e. The first kappa shape index (κ1) is 21.5. The zero-order valence-electron chi connectivity index (χ0n) is 16.3. The van der Waals surface area contributed by atoms with Crippen molar-refractivity contribution in [2.45, 2.75) is 16.9 Å². The average Bonchev–Trinajstić information content (AvgIpc) is 3.44. The minimum Gasteiger partial charge on any atom is -0.379 e. The molecule has 0 bridgehead atoms. The molecule has 3 aliphatic rings. The molecular formula is C18H27N3O5S3. The maximum atomic E-state index is 13.0. The number of morpholine rings is 2. The molecule has 4 rings (SSSR count). The first-order valence-corrected chi connectivity index (χ1v) is 13.3. The van der Waals surface area contributed by atoms with Crippen molar-refractivity contribution >= 4 is 39.0 Å². The van der Waals surface area contributed by atoms with Crippen LogP contribution in [0.4, 0.5) is 0 Å². The molecule has 1 unspecified atom stereocenters. The molecule has 1 atom stereocenters. The number of thioether (sulfide) groups is 1. The molecule has 29 heavy (non-hydrogen) atoms. The minimum absolute atomic E-state index is 0.0788. The molecule has 0 aliphatic carbocycles. The highest BCUT2D eigenvalue weighted by Crippen LogP contribution is 2.34. The Balaban J connectivity index is 1.47. The van der Waals surface area contributed by atoms with E-state index in [-0.39, 0.29) is 21.2 Å². The molecule has 0 radical (unpaired) electrons. The zero-order valence-corrected chi connectivity index (χ0v) is 18.7. The molecule has 11 heteroatoms. The third-order valence-corrected chi connectivity index (χ3v) is 9.98. The van der Waals surface area contributed by atoms with Crippen molar-refractivity contribution in [2.75, 3.05) is 70.7 Å². The predicted octanol–water partition coefficient (Wildman–Crippen LogP) is 0.707. The third kappa shape index (κ3) is 4.51. The number of sulfonamides is 1. The van der Waals surface area contributed by atoms with E-state index in [0.717, 1.165) is 31.0 Å². The van der Waals surface area contributed by atoms with Crippen molar-refractivity contribution in [3.05, 3.63) is 16.3 Å². The number of ether oxygens (including phenoxy) is 2. The molecule has 1 aromatic heterocycles. The topological polar surface area (TPSA) is 88.2 Å². The minimum atomic E-state index is -3.70. The molecule has 3 aliphatic heterocycles. The number of nitrogens with one attached hydrogen (secondary N) is 1. The van der Waals surface area contributed by atoms with Crippen LogP contribution in [0.2, 0.25) is 0 Å². The van der Waals surface area contributed by atoms with Crippen LogP contribution in [-0.2, 0) is 19.5 Å². The molecular weight excluding hydrogens is 434 g/mol. The van der Waals surface area contributed by atoms with Crippen LogP contribution in [-0.4, -0.2) is 99.7 Å². The lowest BCUT2D eigenvalue weighted by molar-refractivity contribution is -0.0129. The summed E-state index contributed by atoms with van der Waals surface area (Å²) in [6.07, 6.45) is 1.02. The number of thiophene rings is 1. The Morgan fingerprint density at radius 1 is 1.14 bits per heavy atom. The molecule has 3 fully saturated rings. The largest absolute Gasteiger partial charge is 0.379 e. The fourth-order valence-electron chi connectivity index (χ4n) is 4.05. The van der Waals surface area contributed by atoms with Gasteiger partial charge in [0.25, 0.3) is 5.91 Å². The molecule has 162 valence electrons. The number of hydrogen-bond donors (Lipinski definition) is 1. The first-order chi connectivity index (χ1) is 14.0. The van der Waals surface area contributed by atoms with Gasteiger partial charge in [0.05, 0.1) is 26.4 Å². The molecule has 0 aromatic carbocycles. The van der Waals surface area contributed by atoms with Gasteiger partial charge in [-0.1, -0.05) is 0 Å². The van der Waals surface area contributed by atoms with Crippen LogP contribution in [0.15, 0.2) is 16.3 Å². The molecule has 1 N–H and O–H groups in total. The van der Waals surface area contributed by atoms with E-state index >= 15 is 0 Å². The van der Waals surface area contributed by atoms with Crippen molar-refractivity contribution in [1.29, 1.82) is 0 Å². The van der Waals surface area contributed by atoms with E-state index in [4.69, 9.17) is 9.47 Å². The fraction of sp³-hybridized carbons (Fsp3) is 0.722. The summed E-state index contributed by atoms with van der Waals surface area (Å²) in [7, 11) is -3.70. The Hall–Kier alpha value is -0.690. The summed E-state index contributed by atoms with van der Waals surface area (Å²) in [6.45, 7) is 5.08. The Kier molecular flexibility index (Phi) is 6.84. The first-order valence-electron chi connectivity index (χ1n) is 9.87. The summed E-state index contributed by atoms with van der Waals surface area (Å²) in [5, 5.41) is 4.72. The number of hydrogen-bond acceptors (Lipinski definition) is 8. The van der Waals surface area contributed by atoms with Crippen molar-refractivity contribution < 1.29 is 22.7 Å². The van der Waals surface area contributed by atoms with Gasteiger partial charge in [0.2, 0.25) is 10.0 Å². The van der Waals surface area contributed by atoms with Crippen LogP contribution in [0.25, 0.3) is 0 Å². The van der Waals surface area contributed by atoms with E-state index in [2.05, 4.69) is 10.2 Å². The van der Waals surface area contributed by atoms with Gasteiger partial charge in [0, 0.05) is 44.0 Å². The predicted molar refractivity (Wildman–Crippen MR) is 113 cm³/mol. The second-order valence-corrected chi connectivity index (χ2v) is 11.4. The monoisotopic (exact) mass is 461 g/mol. The molecule has 3 saturated heterocycles. The maximum absolute atomic E-state index is 13.0. The van der Waals surface area contributed by atoms with Gasteiger partial charge >= 0.3 is 0 Å².